The third-order valence-corrected chi connectivity index (χ3v) is 4.28. The van der Waals surface area contributed by atoms with Gasteiger partial charge in [-0.3, -0.25) is 14.9 Å². The van der Waals surface area contributed by atoms with Crippen LogP contribution in [-0.4, -0.2) is 27.7 Å². The number of benzene rings is 1. The van der Waals surface area contributed by atoms with E-state index in [0.29, 0.717) is 25.5 Å². The number of amides is 1. The average molecular weight is 334 g/mol. The molecule has 126 valence electrons. The minimum atomic E-state index is -0.0404. The number of hydrogen-bond acceptors (Lipinski definition) is 4. The molecule has 6 heteroatoms. The van der Waals surface area contributed by atoms with Gasteiger partial charge < -0.3 is 10.1 Å². The van der Waals surface area contributed by atoms with Gasteiger partial charge in [-0.2, -0.15) is 5.10 Å². The lowest BCUT2D eigenvalue weighted by atomic mass is 9.91. The molecule has 0 spiro atoms. The molecule has 25 heavy (non-hydrogen) atoms. The van der Waals surface area contributed by atoms with Gasteiger partial charge in [0.05, 0.1) is 18.9 Å². The van der Waals surface area contributed by atoms with Crippen LogP contribution in [0.5, 0.6) is 0 Å². The highest BCUT2D eigenvalue weighted by molar-refractivity contribution is 5.95. The summed E-state index contributed by atoms with van der Waals surface area (Å²) >= 11 is 0. The zero-order chi connectivity index (χ0) is 17.1. The Labute approximate surface area is 145 Å². The summed E-state index contributed by atoms with van der Waals surface area (Å²) in [7, 11) is 0. The van der Waals surface area contributed by atoms with Crippen LogP contribution in [0, 0.1) is 0 Å². The van der Waals surface area contributed by atoms with E-state index in [-0.39, 0.29) is 11.8 Å². The van der Waals surface area contributed by atoms with E-state index in [9.17, 15) is 4.79 Å². The zero-order valence-electron chi connectivity index (χ0n) is 13.6. The first kappa shape index (κ1) is 15.5. The topological polar surface area (TPSA) is 79.9 Å². The predicted octanol–water partition coefficient (Wildman–Crippen LogP) is 3.11. The first-order chi connectivity index (χ1) is 12.3. The van der Waals surface area contributed by atoms with Crippen LogP contribution in [0.1, 0.15) is 23.5 Å². The highest BCUT2D eigenvalue weighted by Crippen LogP contribution is 2.38. The number of fused-ring (bicyclic) bond motifs is 1. The lowest BCUT2D eigenvalue weighted by molar-refractivity contribution is -0.117. The molecule has 1 aliphatic rings. The number of anilines is 1. The summed E-state index contributed by atoms with van der Waals surface area (Å²) in [6.07, 6.45) is 3.90. The highest BCUT2D eigenvalue weighted by Gasteiger charge is 2.31. The quantitative estimate of drug-likeness (QED) is 0.751. The molecule has 4 rings (SSSR count). The molecule has 0 unspecified atom stereocenters. The molecule has 0 radical (unpaired) electrons. The van der Waals surface area contributed by atoms with Crippen molar-refractivity contribution in [2.24, 2.45) is 0 Å². The maximum absolute atomic E-state index is 12.0. The number of hydrogen-bond donors (Lipinski definition) is 2. The molecule has 1 atom stereocenters. The summed E-state index contributed by atoms with van der Waals surface area (Å²) in [5.41, 5.74) is 3.93. The fourth-order valence-electron chi connectivity index (χ4n) is 3.12. The number of carbonyl (C=O) groups is 1. The van der Waals surface area contributed by atoms with Gasteiger partial charge >= 0.3 is 0 Å². The number of carbonyl (C=O) groups excluding carboxylic acids is 1. The summed E-state index contributed by atoms with van der Waals surface area (Å²) in [6.45, 7) is 0.983. The van der Waals surface area contributed by atoms with Gasteiger partial charge in [0, 0.05) is 35.9 Å². The molecule has 1 amide bonds. The predicted molar refractivity (Wildman–Crippen MR) is 93.9 cm³/mol. The van der Waals surface area contributed by atoms with E-state index in [4.69, 9.17) is 4.74 Å². The molecule has 1 aliphatic heterocycles. The summed E-state index contributed by atoms with van der Waals surface area (Å²) in [4.78, 5) is 16.1. The van der Waals surface area contributed by atoms with Crippen LogP contribution in [0.4, 0.5) is 5.82 Å². The maximum atomic E-state index is 12.0. The Hall–Kier alpha value is -2.99. The van der Waals surface area contributed by atoms with Crippen LogP contribution >= 0.6 is 0 Å². The van der Waals surface area contributed by atoms with E-state index >= 15 is 0 Å². The van der Waals surface area contributed by atoms with Crippen LogP contribution in [-0.2, 0) is 16.1 Å². The van der Waals surface area contributed by atoms with Gasteiger partial charge in [0.25, 0.3) is 0 Å². The van der Waals surface area contributed by atoms with Crippen molar-refractivity contribution in [2.45, 2.75) is 18.9 Å². The molecular weight excluding hydrogens is 316 g/mol. The second kappa shape index (κ2) is 6.86. The van der Waals surface area contributed by atoms with Crippen molar-refractivity contribution in [1.82, 2.24) is 15.2 Å². The number of H-pyrrole nitrogens is 1. The van der Waals surface area contributed by atoms with Gasteiger partial charge in [-0.25, -0.2) is 0 Å². The molecule has 0 saturated heterocycles. The number of aromatic amines is 1. The standard InChI is InChI=1S/C19H18N4O2/c24-16-9-15(12-25-11-13-5-2-1-3-6-13)17-18(22-23-19(17)21-16)14-7-4-8-20-10-14/h1-8,10,15H,9,11-12H2,(H2,21,22,23,24)/t15-/m1/s1. The molecule has 0 saturated carbocycles. The molecule has 1 aromatic carbocycles. The van der Waals surface area contributed by atoms with Crippen LogP contribution in [0.25, 0.3) is 11.3 Å². The molecule has 0 aliphatic carbocycles. The van der Waals surface area contributed by atoms with Gasteiger partial charge in [0.1, 0.15) is 0 Å². The van der Waals surface area contributed by atoms with Gasteiger partial charge in [-0.05, 0) is 17.7 Å². The van der Waals surface area contributed by atoms with E-state index in [1.165, 1.54) is 0 Å². The fraction of sp³-hybridized carbons (Fsp3) is 0.211. The Bertz CT molecular complexity index is 862. The molecule has 0 bridgehead atoms. The Morgan fingerprint density at radius 2 is 2.04 bits per heavy atom. The largest absolute Gasteiger partial charge is 0.376 e. The SMILES string of the molecule is O=C1C[C@H](COCc2ccccc2)c2c(n[nH]c2-c2cccnc2)N1. The second-order valence-electron chi connectivity index (χ2n) is 6.05. The van der Waals surface area contributed by atoms with Crippen molar-refractivity contribution in [3.63, 3.8) is 0 Å². The molecular formula is C19H18N4O2. The summed E-state index contributed by atoms with van der Waals surface area (Å²) in [5, 5.41) is 10.1. The van der Waals surface area contributed by atoms with Gasteiger partial charge in [0.2, 0.25) is 5.91 Å². The monoisotopic (exact) mass is 334 g/mol. The van der Waals surface area contributed by atoms with Crippen LogP contribution in [0.2, 0.25) is 0 Å². The van der Waals surface area contributed by atoms with Crippen molar-refractivity contribution in [1.29, 1.82) is 0 Å². The molecule has 2 aromatic heterocycles. The van der Waals surface area contributed by atoms with Gasteiger partial charge in [0.15, 0.2) is 5.82 Å². The number of pyridine rings is 1. The third-order valence-electron chi connectivity index (χ3n) is 4.28. The number of ether oxygens (including phenoxy) is 1. The number of aromatic nitrogens is 3. The summed E-state index contributed by atoms with van der Waals surface area (Å²) < 4.78 is 5.89. The first-order valence-electron chi connectivity index (χ1n) is 8.21. The smallest absolute Gasteiger partial charge is 0.226 e. The molecule has 0 fully saturated rings. The fourth-order valence-corrected chi connectivity index (χ4v) is 3.12. The first-order valence-corrected chi connectivity index (χ1v) is 8.21. The number of nitrogens with zero attached hydrogens (tertiary/aromatic N) is 2. The minimum absolute atomic E-state index is 0.0370. The zero-order valence-corrected chi connectivity index (χ0v) is 13.6. The van der Waals surface area contributed by atoms with Gasteiger partial charge in [-0.1, -0.05) is 30.3 Å². The summed E-state index contributed by atoms with van der Waals surface area (Å²) in [5.74, 6) is 0.509. The highest BCUT2D eigenvalue weighted by atomic mass is 16.5. The normalized spacial score (nSPS) is 16.3. The average Bonchev–Trinajstić information content (AvgIpc) is 3.07. The minimum Gasteiger partial charge on any atom is -0.376 e. The van der Waals surface area contributed by atoms with Gasteiger partial charge in [-0.15, -0.1) is 0 Å². The lowest BCUT2D eigenvalue weighted by Gasteiger charge is -2.23. The lowest BCUT2D eigenvalue weighted by Crippen LogP contribution is -2.25. The van der Waals surface area contributed by atoms with Crippen LogP contribution < -0.4 is 5.32 Å². The molecule has 2 N–H and O–H groups in total. The molecule has 3 aromatic rings. The van der Waals surface area contributed by atoms with E-state index in [1.54, 1.807) is 12.4 Å². The van der Waals surface area contributed by atoms with Crippen molar-refractivity contribution in [2.75, 3.05) is 11.9 Å². The van der Waals surface area contributed by atoms with E-state index in [0.717, 1.165) is 22.4 Å². The van der Waals surface area contributed by atoms with E-state index in [1.807, 2.05) is 42.5 Å². The van der Waals surface area contributed by atoms with E-state index < -0.39 is 0 Å². The van der Waals surface area contributed by atoms with Crippen molar-refractivity contribution in [3.05, 3.63) is 66.0 Å². The Morgan fingerprint density at radius 1 is 1.16 bits per heavy atom. The summed E-state index contributed by atoms with van der Waals surface area (Å²) in [6, 6.07) is 13.9. The van der Waals surface area contributed by atoms with Crippen LogP contribution in [0.3, 0.4) is 0 Å². The van der Waals surface area contributed by atoms with Crippen molar-refractivity contribution < 1.29 is 9.53 Å². The second-order valence-corrected chi connectivity index (χ2v) is 6.05. The van der Waals surface area contributed by atoms with Crippen LogP contribution in [0.15, 0.2) is 54.9 Å². The number of rotatable bonds is 5. The molecule has 6 nitrogen and oxygen atoms in total. The van der Waals surface area contributed by atoms with E-state index in [2.05, 4.69) is 20.5 Å². The van der Waals surface area contributed by atoms with Crippen molar-refractivity contribution in [3.8, 4) is 11.3 Å². The Morgan fingerprint density at radius 3 is 2.84 bits per heavy atom. The maximum Gasteiger partial charge on any atom is 0.226 e. The number of nitrogens with one attached hydrogen (secondary N) is 2. The Balaban J connectivity index is 1.56. The van der Waals surface area contributed by atoms with Crippen molar-refractivity contribution >= 4 is 11.7 Å². The third kappa shape index (κ3) is 3.29. The Kier molecular flexibility index (Phi) is 4.26. The molecule has 3 heterocycles.